The molecule has 0 unspecified atom stereocenters. The Balaban J connectivity index is 1.89. The van der Waals surface area contributed by atoms with Gasteiger partial charge in [-0.15, -0.1) is 0 Å². The van der Waals surface area contributed by atoms with Crippen LogP contribution < -0.4 is 5.32 Å². The van der Waals surface area contributed by atoms with Crippen molar-refractivity contribution in [1.82, 2.24) is 15.1 Å². The van der Waals surface area contributed by atoms with Gasteiger partial charge in [-0.05, 0) is 34.1 Å². The van der Waals surface area contributed by atoms with Crippen LogP contribution in [-0.2, 0) is 0 Å². The minimum Gasteiger partial charge on any atom is -0.340 e. The summed E-state index contributed by atoms with van der Waals surface area (Å²) in [6, 6.07) is 4.35. The number of amides is 1. The van der Waals surface area contributed by atoms with Gasteiger partial charge in [0.1, 0.15) is 5.82 Å². The van der Waals surface area contributed by atoms with E-state index in [4.69, 9.17) is 0 Å². The van der Waals surface area contributed by atoms with Crippen LogP contribution in [0.15, 0.2) is 22.7 Å². The van der Waals surface area contributed by atoms with E-state index in [1.54, 1.807) is 11.9 Å². The largest absolute Gasteiger partial charge is 0.340 e. The van der Waals surface area contributed by atoms with Gasteiger partial charge in [-0.1, -0.05) is 0 Å². The molecule has 1 aliphatic heterocycles. The monoisotopic (exact) mass is 343 g/mol. The van der Waals surface area contributed by atoms with E-state index in [0.717, 1.165) is 32.7 Å². The van der Waals surface area contributed by atoms with Crippen LogP contribution in [0.3, 0.4) is 0 Å². The molecule has 1 fully saturated rings. The highest BCUT2D eigenvalue weighted by molar-refractivity contribution is 9.10. The van der Waals surface area contributed by atoms with Crippen molar-refractivity contribution in [2.75, 3.05) is 46.3 Å². The van der Waals surface area contributed by atoms with Gasteiger partial charge in [-0.25, -0.2) is 4.39 Å². The number of carbonyl (C=O) groups excluding carboxylic acids is 1. The molecule has 20 heavy (non-hydrogen) atoms. The molecule has 0 atom stereocenters. The maximum Gasteiger partial charge on any atom is 0.253 e. The second kappa shape index (κ2) is 7.15. The predicted octanol–water partition coefficient (Wildman–Crippen LogP) is 1.57. The standard InChI is InChI=1S/C14H19BrFN3O/c1-18(8-9-19-6-4-17-5-7-19)14(20)11-2-3-13(16)12(15)10-11/h2-3,10,17H,4-9H2,1H3. The van der Waals surface area contributed by atoms with E-state index in [2.05, 4.69) is 26.1 Å². The van der Waals surface area contributed by atoms with E-state index in [0.29, 0.717) is 16.6 Å². The average Bonchev–Trinajstić information content (AvgIpc) is 2.48. The van der Waals surface area contributed by atoms with Gasteiger partial charge in [-0.2, -0.15) is 0 Å². The molecule has 1 aromatic rings. The van der Waals surface area contributed by atoms with Crippen molar-refractivity contribution >= 4 is 21.8 Å². The number of hydrogen-bond acceptors (Lipinski definition) is 3. The number of piperazine rings is 1. The lowest BCUT2D eigenvalue weighted by Crippen LogP contribution is -2.46. The fourth-order valence-electron chi connectivity index (χ4n) is 2.18. The van der Waals surface area contributed by atoms with Crippen LogP contribution in [-0.4, -0.2) is 62.0 Å². The number of halogens is 2. The number of hydrogen-bond donors (Lipinski definition) is 1. The normalized spacial score (nSPS) is 16.1. The highest BCUT2D eigenvalue weighted by atomic mass is 79.9. The van der Waals surface area contributed by atoms with Crippen molar-refractivity contribution in [1.29, 1.82) is 0 Å². The molecule has 4 nitrogen and oxygen atoms in total. The van der Waals surface area contributed by atoms with Crippen molar-refractivity contribution in [3.63, 3.8) is 0 Å². The first-order valence-corrected chi connectivity index (χ1v) is 7.51. The predicted molar refractivity (Wildman–Crippen MR) is 80.4 cm³/mol. The quantitative estimate of drug-likeness (QED) is 0.901. The van der Waals surface area contributed by atoms with Gasteiger partial charge in [0.25, 0.3) is 5.91 Å². The van der Waals surface area contributed by atoms with Gasteiger partial charge in [0.15, 0.2) is 0 Å². The molecule has 0 aromatic heterocycles. The summed E-state index contributed by atoms with van der Waals surface area (Å²) >= 11 is 3.10. The van der Waals surface area contributed by atoms with Gasteiger partial charge in [0.2, 0.25) is 0 Å². The van der Waals surface area contributed by atoms with E-state index in [1.165, 1.54) is 18.2 Å². The molecule has 0 spiro atoms. The fraction of sp³-hybridized carbons (Fsp3) is 0.500. The minimum atomic E-state index is -0.356. The SMILES string of the molecule is CN(CCN1CCNCC1)C(=O)c1ccc(F)c(Br)c1. The molecule has 0 bridgehead atoms. The average molecular weight is 344 g/mol. The molecular weight excluding hydrogens is 325 g/mol. The molecule has 0 radical (unpaired) electrons. The Kier molecular flexibility index (Phi) is 5.51. The van der Waals surface area contributed by atoms with Crippen LogP contribution >= 0.6 is 15.9 Å². The second-order valence-electron chi connectivity index (χ2n) is 4.95. The molecule has 1 heterocycles. The van der Waals surface area contributed by atoms with Crippen molar-refractivity contribution in [2.24, 2.45) is 0 Å². The van der Waals surface area contributed by atoms with Crippen molar-refractivity contribution in [3.05, 3.63) is 34.1 Å². The molecule has 110 valence electrons. The van der Waals surface area contributed by atoms with E-state index in [9.17, 15) is 9.18 Å². The summed E-state index contributed by atoms with van der Waals surface area (Å²) in [6.45, 7) is 5.58. The third-order valence-electron chi connectivity index (χ3n) is 3.47. The molecule has 0 saturated carbocycles. The summed E-state index contributed by atoms with van der Waals surface area (Å²) in [5.74, 6) is -0.439. The van der Waals surface area contributed by atoms with Crippen molar-refractivity contribution < 1.29 is 9.18 Å². The zero-order valence-electron chi connectivity index (χ0n) is 11.5. The lowest BCUT2D eigenvalue weighted by molar-refractivity contribution is 0.0774. The zero-order valence-corrected chi connectivity index (χ0v) is 13.1. The molecule has 1 aromatic carbocycles. The number of carbonyl (C=O) groups is 1. The van der Waals surface area contributed by atoms with Crippen LogP contribution in [0, 0.1) is 5.82 Å². The van der Waals surface area contributed by atoms with E-state index < -0.39 is 0 Å². The first-order chi connectivity index (χ1) is 9.58. The number of rotatable bonds is 4. The molecule has 1 N–H and O–H groups in total. The first kappa shape index (κ1) is 15.4. The van der Waals surface area contributed by atoms with Gasteiger partial charge in [0, 0.05) is 51.9 Å². The van der Waals surface area contributed by atoms with Gasteiger partial charge in [-0.3, -0.25) is 9.69 Å². The number of nitrogens with zero attached hydrogens (tertiary/aromatic N) is 2. The summed E-state index contributed by atoms with van der Waals surface area (Å²) < 4.78 is 13.5. The number of benzene rings is 1. The second-order valence-corrected chi connectivity index (χ2v) is 5.80. The van der Waals surface area contributed by atoms with Crippen LogP contribution in [0.5, 0.6) is 0 Å². The summed E-state index contributed by atoms with van der Waals surface area (Å²) in [4.78, 5) is 16.2. The highest BCUT2D eigenvalue weighted by Gasteiger charge is 2.15. The van der Waals surface area contributed by atoms with Crippen LogP contribution in [0.25, 0.3) is 0 Å². The molecule has 1 saturated heterocycles. The molecule has 0 aliphatic carbocycles. The Bertz CT molecular complexity index is 477. The van der Waals surface area contributed by atoms with Gasteiger partial charge in [0.05, 0.1) is 4.47 Å². The van der Waals surface area contributed by atoms with Gasteiger partial charge >= 0.3 is 0 Å². The maximum atomic E-state index is 13.2. The Hall–Kier alpha value is -0.980. The number of likely N-dealkylation sites (N-methyl/N-ethyl adjacent to an activating group) is 1. The van der Waals surface area contributed by atoms with E-state index in [1.807, 2.05) is 0 Å². The lowest BCUT2D eigenvalue weighted by atomic mass is 10.2. The summed E-state index contributed by atoms with van der Waals surface area (Å²) in [5.41, 5.74) is 0.501. The fourth-order valence-corrected chi connectivity index (χ4v) is 2.56. The zero-order chi connectivity index (χ0) is 14.5. The number of nitrogens with one attached hydrogen (secondary N) is 1. The van der Waals surface area contributed by atoms with E-state index >= 15 is 0 Å². The highest BCUT2D eigenvalue weighted by Crippen LogP contribution is 2.17. The summed E-state index contributed by atoms with van der Waals surface area (Å²) in [5, 5.41) is 3.30. The molecular formula is C14H19BrFN3O. The van der Waals surface area contributed by atoms with Crippen LogP contribution in [0.2, 0.25) is 0 Å². The lowest BCUT2D eigenvalue weighted by Gasteiger charge is -2.29. The Morgan fingerprint density at radius 2 is 2.15 bits per heavy atom. The van der Waals surface area contributed by atoms with Crippen LogP contribution in [0.1, 0.15) is 10.4 Å². The molecule has 2 rings (SSSR count). The van der Waals surface area contributed by atoms with Crippen LogP contribution in [0.4, 0.5) is 4.39 Å². The first-order valence-electron chi connectivity index (χ1n) is 6.71. The maximum absolute atomic E-state index is 13.2. The smallest absolute Gasteiger partial charge is 0.253 e. The Morgan fingerprint density at radius 1 is 1.45 bits per heavy atom. The van der Waals surface area contributed by atoms with Crippen molar-refractivity contribution in [3.8, 4) is 0 Å². The third-order valence-corrected chi connectivity index (χ3v) is 4.08. The van der Waals surface area contributed by atoms with E-state index in [-0.39, 0.29) is 11.7 Å². The molecule has 6 heteroatoms. The summed E-state index contributed by atoms with van der Waals surface area (Å²) in [7, 11) is 1.78. The molecule has 1 amide bonds. The third kappa shape index (κ3) is 4.01. The van der Waals surface area contributed by atoms with Crippen molar-refractivity contribution in [2.45, 2.75) is 0 Å². The van der Waals surface area contributed by atoms with Gasteiger partial charge < -0.3 is 10.2 Å². The minimum absolute atomic E-state index is 0.0826. The Morgan fingerprint density at radius 3 is 2.80 bits per heavy atom. The molecule has 1 aliphatic rings. The topological polar surface area (TPSA) is 35.6 Å². The summed E-state index contributed by atoms with van der Waals surface area (Å²) in [6.07, 6.45) is 0. The Labute approximate surface area is 127 Å².